The first kappa shape index (κ1) is 23.6. The van der Waals surface area contributed by atoms with Crippen LogP contribution in [0.25, 0.3) is 0 Å². The van der Waals surface area contributed by atoms with Gasteiger partial charge in [0, 0.05) is 38.2 Å². The minimum absolute atomic E-state index is 0.0692. The van der Waals surface area contributed by atoms with Crippen LogP contribution in [0.1, 0.15) is 76.2 Å². The third-order valence-corrected chi connectivity index (χ3v) is 6.42. The van der Waals surface area contributed by atoms with Gasteiger partial charge in [-0.05, 0) is 74.6 Å². The molecule has 0 unspecified atom stereocenters. The van der Waals surface area contributed by atoms with Crippen molar-refractivity contribution < 1.29 is 19.4 Å². The summed E-state index contributed by atoms with van der Waals surface area (Å²) in [6, 6.07) is 5.80. The van der Waals surface area contributed by atoms with Gasteiger partial charge in [-0.25, -0.2) is 0 Å². The molecule has 2 amide bonds. The highest BCUT2D eigenvalue weighted by atomic mass is 16.5. The zero-order valence-electron chi connectivity index (χ0n) is 18.7. The Balaban J connectivity index is 1.38. The van der Waals surface area contributed by atoms with Crippen molar-refractivity contribution in [3.8, 4) is 5.75 Å². The number of unbranched alkanes of at least 4 members (excludes halogenated alkanes) is 2. The molecular weight excluding hydrogens is 392 g/mol. The fourth-order valence-corrected chi connectivity index (χ4v) is 4.59. The summed E-state index contributed by atoms with van der Waals surface area (Å²) in [6.45, 7) is 2.42. The molecule has 31 heavy (non-hydrogen) atoms. The predicted molar refractivity (Wildman–Crippen MR) is 122 cm³/mol. The summed E-state index contributed by atoms with van der Waals surface area (Å²) in [5.74, 6) is 1.78. The lowest BCUT2D eigenvalue weighted by atomic mass is 9.89. The lowest BCUT2D eigenvalue weighted by molar-refractivity contribution is -0.132. The maximum Gasteiger partial charge on any atom is 0.224 e. The number of hydrogen-bond acceptors (Lipinski definition) is 4. The smallest absolute Gasteiger partial charge is 0.224 e. The zero-order chi connectivity index (χ0) is 21.9. The second-order valence-corrected chi connectivity index (χ2v) is 8.95. The van der Waals surface area contributed by atoms with E-state index >= 15 is 0 Å². The monoisotopic (exact) mass is 430 g/mol. The van der Waals surface area contributed by atoms with Crippen molar-refractivity contribution in [2.45, 2.75) is 77.0 Å². The van der Waals surface area contributed by atoms with Crippen LogP contribution in [0.5, 0.6) is 5.75 Å². The summed E-state index contributed by atoms with van der Waals surface area (Å²) in [5.41, 5.74) is 2.00. The Labute approximate surface area is 186 Å². The van der Waals surface area contributed by atoms with E-state index in [1.165, 1.54) is 32.1 Å². The number of aliphatic hydroxyl groups excluding tert-OH is 1. The standard InChI is InChI=1S/C25H38N2O4/c28-16-6-5-15-27(19-20-8-2-1-3-9-20)25(30)10-4-7-17-31-22-12-13-23-21(18-22)11-14-24(29)26-23/h12-13,18,20,28H,1-11,14-17,19H2,(H,26,29). The van der Waals surface area contributed by atoms with Crippen LogP contribution in [0.2, 0.25) is 0 Å². The van der Waals surface area contributed by atoms with Gasteiger partial charge in [0.1, 0.15) is 5.75 Å². The van der Waals surface area contributed by atoms with Crippen molar-refractivity contribution >= 4 is 17.5 Å². The average molecular weight is 431 g/mol. The Morgan fingerprint density at radius 2 is 1.94 bits per heavy atom. The van der Waals surface area contributed by atoms with Crippen LogP contribution < -0.4 is 10.1 Å². The molecule has 1 heterocycles. The number of fused-ring (bicyclic) bond motifs is 1. The molecule has 0 saturated heterocycles. The summed E-state index contributed by atoms with van der Waals surface area (Å²) >= 11 is 0. The lowest BCUT2D eigenvalue weighted by Gasteiger charge is -2.30. The molecule has 1 fully saturated rings. The van der Waals surface area contributed by atoms with Gasteiger partial charge < -0.3 is 20.1 Å². The number of nitrogens with zero attached hydrogens (tertiary/aromatic N) is 1. The number of carbonyl (C=O) groups is 2. The van der Waals surface area contributed by atoms with E-state index in [0.717, 1.165) is 62.2 Å². The van der Waals surface area contributed by atoms with Gasteiger partial charge in [0.2, 0.25) is 11.8 Å². The van der Waals surface area contributed by atoms with Gasteiger partial charge in [0.05, 0.1) is 6.61 Å². The Hall–Kier alpha value is -2.08. The van der Waals surface area contributed by atoms with E-state index < -0.39 is 0 Å². The minimum Gasteiger partial charge on any atom is -0.494 e. The zero-order valence-corrected chi connectivity index (χ0v) is 18.7. The second-order valence-electron chi connectivity index (χ2n) is 8.95. The molecular formula is C25H38N2O4. The summed E-state index contributed by atoms with van der Waals surface area (Å²) < 4.78 is 5.88. The molecule has 0 spiro atoms. The van der Waals surface area contributed by atoms with Gasteiger partial charge in [-0.3, -0.25) is 9.59 Å². The summed E-state index contributed by atoms with van der Waals surface area (Å²) in [5, 5.41) is 12.0. The van der Waals surface area contributed by atoms with Gasteiger partial charge in [-0.15, -0.1) is 0 Å². The molecule has 3 rings (SSSR count). The highest BCUT2D eigenvalue weighted by Gasteiger charge is 2.20. The number of aryl methyl sites for hydroxylation is 1. The number of ether oxygens (including phenoxy) is 1. The summed E-state index contributed by atoms with van der Waals surface area (Å²) in [4.78, 5) is 26.3. The topological polar surface area (TPSA) is 78.9 Å². The maximum atomic E-state index is 12.8. The van der Waals surface area contributed by atoms with Crippen LogP contribution in [0, 0.1) is 5.92 Å². The second kappa shape index (κ2) is 12.7. The summed E-state index contributed by atoms with van der Waals surface area (Å²) in [6.07, 6.45) is 11.5. The molecule has 0 atom stereocenters. The van der Waals surface area contributed by atoms with E-state index in [2.05, 4.69) is 5.32 Å². The number of amides is 2. The number of nitrogens with one attached hydrogen (secondary N) is 1. The first-order chi connectivity index (χ1) is 15.2. The number of carbonyl (C=O) groups excluding carboxylic acids is 2. The molecule has 1 aliphatic carbocycles. The van der Waals surface area contributed by atoms with Crippen molar-refractivity contribution in [2.24, 2.45) is 5.92 Å². The van der Waals surface area contributed by atoms with Crippen molar-refractivity contribution in [3.63, 3.8) is 0 Å². The molecule has 1 aromatic carbocycles. The largest absolute Gasteiger partial charge is 0.494 e. The highest BCUT2D eigenvalue weighted by molar-refractivity contribution is 5.94. The number of aliphatic hydroxyl groups is 1. The Morgan fingerprint density at radius 1 is 1.10 bits per heavy atom. The van der Waals surface area contributed by atoms with Gasteiger partial charge in [0.15, 0.2) is 0 Å². The number of anilines is 1. The fourth-order valence-electron chi connectivity index (χ4n) is 4.59. The molecule has 1 aliphatic heterocycles. The highest BCUT2D eigenvalue weighted by Crippen LogP contribution is 2.27. The SMILES string of the molecule is O=C1CCc2cc(OCCCCC(=O)N(CCCCO)CC3CCCCC3)ccc2N1. The molecule has 2 N–H and O–H groups in total. The molecule has 6 heteroatoms. The Morgan fingerprint density at radius 3 is 2.74 bits per heavy atom. The van der Waals surface area contributed by atoms with Crippen LogP contribution in [-0.2, 0) is 16.0 Å². The van der Waals surface area contributed by atoms with Crippen molar-refractivity contribution in [2.75, 3.05) is 31.6 Å². The van der Waals surface area contributed by atoms with Crippen LogP contribution in [-0.4, -0.2) is 48.1 Å². The third kappa shape index (κ3) is 7.84. The van der Waals surface area contributed by atoms with E-state index in [-0.39, 0.29) is 18.4 Å². The number of rotatable bonds is 12. The molecule has 1 aromatic rings. The predicted octanol–water partition coefficient (Wildman–Crippen LogP) is 4.30. The van der Waals surface area contributed by atoms with Crippen LogP contribution in [0.4, 0.5) is 5.69 Å². The van der Waals surface area contributed by atoms with Crippen LogP contribution >= 0.6 is 0 Å². The molecule has 0 aromatic heterocycles. The van der Waals surface area contributed by atoms with Gasteiger partial charge >= 0.3 is 0 Å². The van der Waals surface area contributed by atoms with E-state index in [9.17, 15) is 9.59 Å². The quantitative estimate of drug-likeness (QED) is 0.485. The maximum absolute atomic E-state index is 12.8. The van der Waals surface area contributed by atoms with Crippen molar-refractivity contribution in [3.05, 3.63) is 23.8 Å². The van der Waals surface area contributed by atoms with E-state index in [0.29, 0.717) is 25.4 Å². The van der Waals surface area contributed by atoms with E-state index in [1.54, 1.807) is 0 Å². The third-order valence-electron chi connectivity index (χ3n) is 6.42. The van der Waals surface area contributed by atoms with Gasteiger partial charge in [-0.2, -0.15) is 0 Å². The lowest BCUT2D eigenvalue weighted by Crippen LogP contribution is -2.36. The fraction of sp³-hybridized carbons (Fsp3) is 0.680. The van der Waals surface area contributed by atoms with Crippen molar-refractivity contribution in [1.29, 1.82) is 0 Å². The van der Waals surface area contributed by atoms with Crippen molar-refractivity contribution in [1.82, 2.24) is 4.90 Å². The summed E-state index contributed by atoms with van der Waals surface area (Å²) in [7, 11) is 0. The minimum atomic E-state index is 0.0692. The molecule has 6 nitrogen and oxygen atoms in total. The number of hydrogen-bond donors (Lipinski definition) is 2. The molecule has 172 valence electrons. The first-order valence-electron chi connectivity index (χ1n) is 12.1. The Kier molecular flexibility index (Phi) is 9.66. The Bertz CT molecular complexity index is 715. The molecule has 0 bridgehead atoms. The molecule has 2 aliphatic rings. The van der Waals surface area contributed by atoms with E-state index in [1.807, 2.05) is 23.1 Å². The van der Waals surface area contributed by atoms with Crippen LogP contribution in [0.3, 0.4) is 0 Å². The number of benzene rings is 1. The average Bonchev–Trinajstić information content (AvgIpc) is 2.79. The van der Waals surface area contributed by atoms with Gasteiger partial charge in [-0.1, -0.05) is 19.3 Å². The van der Waals surface area contributed by atoms with Gasteiger partial charge in [0.25, 0.3) is 0 Å². The molecule has 0 radical (unpaired) electrons. The first-order valence-corrected chi connectivity index (χ1v) is 12.1. The normalized spacial score (nSPS) is 16.5. The van der Waals surface area contributed by atoms with Crippen LogP contribution in [0.15, 0.2) is 18.2 Å². The van der Waals surface area contributed by atoms with E-state index in [4.69, 9.17) is 9.84 Å². The molecule has 1 saturated carbocycles.